The van der Waals surface area contributed by atoms with E-state index in [1.54, 1.807) is 11.9 Å². The number of hydrogen-bond donors (Lipinski definition) is 1. The summed E-state index contributed by atoms with van der Waals surface area (Å²) in [5.41, 5.74) is -0.442. The molecule has 0 aliphatic rings. The fourth-order valence-corrected chi connectivity index (χ4v) is 1.08. The minimum absolute atomic E-state index is 0.0361. The molecule has 0 atom stereocenters. The summed E-state index contributed by atoms with van der Waals surface area (Å²) in [5, 5.41) is 2.65. The molecule has 2 amide bonds. The lowest BCUT2D eigenvalue weighted by atomic mass is 9.96. The van der Waals surface area contributed by atoms with Crippen molar-refractivity contribution in [1.82, 2.24) is 10.2 Å². The molecule has 0 radical (unpaired) electrons. The van der Waals surface area contributed by atoms with Crippen molar-refractivity contribution in [2.45, 2.75) is 40.5 Å². The van der Waals surface area contributed by atoms with Crippen LogP contribution < -0.4 is 5.32 Å². The van der Waals surface area contributed by atoms with Gasteiger partial charge in [0.05, 0.1) is 6.54 Å². The van der Waals surface area contributed by atoms with Gasteiger partial charge in [0.1, 0.15) is 0 Å². The molecule has 0 spiro atoms. The molecule has 0 rings (SSSR count). The second kappa shape index (κ2) is 6.51. The molecular weight excluding hydrogens is 204 g/mol. The summed E-state index contributed by atoms with van der Waals surface area (Å²) in [6, 6.07) is 0. The van der Waals surface area contributed by atoms with Crippen LogP contribution >= 0.6 is 0 Å². The molecule has 0 aliphatic carbocycles. The fraction of sp³-hybridized carbons (Fsp3) is 0.833. The first kappa shape index (κ1) is 14.9. The number of likely N-dealkylation sites (N-methyl/N-ethyl adjacent to an activating group) is 1. The Morgan fingerprint density at radius 1 is 1.25 bits per heavy atom. The number of nitrogens with one attached hydrogen (secondary N) is 1. The van der Waals surface area contributed by atoms with Gasteiger partial charge in [0.2, 0.25) is 11.8 Å². The van der Waals surface area contributed by atoms with Crippen molar-refractivity contribution in [2.75, 3.05) is 20.1 Å². The van der Waals surface area contributed by atoms with Crippen molar-refractivity contribution in [3.63, 3.8) is 0 Å². The van der Waals surface area contributed by atoms with Gasteiger partial charge >= 0.3 is 0 Å². The van der Waals surface area contributed by atoms with Gasteiger partial charge in [-0.2, -0.15) is 0 Å². The van der Waals surface area contributed by atoms with Gasteiger partial charge in [-0.05, 0) is 6.42 Å². The smallest absolute Gasteiger partial charge is 0.241 e. The van der Waals surface area contributed by atoms with Crippen LogP contribution in [-0.2, 0) is 9.59 Å². The zero-order chi connectivity index (χ0) is 12.8. The highest BCUT2D eigenvalue weighted by Crippen LogP contribution is 2.11. The Labute approximate surface area is 98.4 Å². The van der Waals surface area contributed by atoms with E-state index in [0.717, 1.165) is 19.4 Å². The van der Waals surface area contributed by atoms with Crippen molar-refractivity contribution in [3.05, 3.63) is 0 Å². The summed E-state index contributed by atoms with van der Waals surface area (Å²) >= 11 is 0. The van der Waals surface area contributed by atoms with E-state index in [4.69, 9.17) is 0 Å². The molecule has 0 aromatic heterocycles. The van der Waals surface area contributed by atoms with E-state index in [2.05, 4.69) is 12.2 Å². The number of carbonyl (C=O) groups excluding carboxylic acids is 2. The monoisotopic (exact) mass is 228 g/mol. The van der Waals surface area contributed by atoms with E-state index in [9.17, 15) is 9.59 Å². The number of unbranched alkanes of at least 4 members (excludes halogenated alkanes) is 1. The number of rotatable bonds is 5. The van der Waals surface area contributed by atoms with Crippen LogP contribution in [0, 0.1) is 5.41 Å². The molecule has 16 heavy (non-hydrogen) atoms. The number of nitrogens with zero attached hydrogens (tertiary/aromatic N) is 1. The molecule has 0 heterocycles. The average Bonchev–Trinajstić information content (AvgIpc) is 2.20. The van der Waals surface area contributed by atoms with Crippen molar-refractivity contribution < 1.29 is 9.59 Å². The summed E-state index contributed by atoms with van der Waals surface area (Å²) in [7, 11) is 1.77. The van der Waals surface area contributed by atoms with Crippen LogP contribution in [0.25, 0.3) is 0 Å². The van der Waals surface area contributed by atoms with Gasteiger partial charge < -0.3 is 10.2 Å². The van der Waals surface area contributed by atoms with Crippen LogP contribution in [0.2, 0.25) is 0 Å². The number of amides is 2. The lowest BCUT2D eigenvalue weighted by molar-refractivity contribution is -0.134. The lowest BCUT2D eigenvalue weighted by Gasteiger charge is -2.20. The predicted molar refractivity (Wildman–Crippen MR) is 65.0 cm³/mol. The molecule has 1 N–H and O–H groups in total. The van der Waals surface area contributed by atoms with Crippen molar-refractivity contribution >= 4 is 11.8 Å². The summed E-state index contributed by atoms with van der Waals surface area (Å²) in [6.07, 6.45) is 2.06. The van der Waals surface area contributed by atoms with E-state index >= 15 is 0 Å². The molecule has 4 nitrogen and oxygen atoms in total. The molecule has 0 saturated heterocycles. The van der Waals surface area contributed by atoms with Crippen LogP contribution in [0.3, 0.4) is 0 Å². The Hall–Kier alpha value is -1.06. The molecule has 0 saturated carbocycles. The Morgan fingerprint density at radius 3 is 2.25 bits per heavy atom. The SMILES string of the molecule is CCCCN(C)C(=O)CNC(=O)C(C)(C)C. The van der Waals surface area contributed by atoms with E-state index in [-0.39, 0.29) is 18.4 Å². The zero-order valence-corrected chi connectivity index (χ0v) is 11.1. The molecule has 0 fully saturated rings. The molecule has 94 valence electrons. The minimum atomic E-state index is -0.442. The maximum Gasteiger partial charge on any atom is 0.241 e. The molecule has 0 aromatic carbocycles. The van der Waals surface area contributed by atoms with Crippen LogP contribution in [-0.4, -0.2) is 36.9 Å². The maximum atomic E-state index is 11.6. The van der Waals surface area contributed by atoms with E-state index in [1.807, 2.05) is 20.8 Å². The van der Waals surface area contributed by atoms with Crippen LogP contribution in [0.5, 0.6) is 0 Å². The highest BCUT2D eigenvalue weighted by Gasteiger charge is 2.21. The van der Waals surface area contributed by atoms with Gasteiger partial charge in [0, 0.05) is 19.0 Å². The summed E-state index contributed by atoms with van der Waals surface area (Å²) in [5.74, 6) is -0.129. The third-order valence-corrected chi connectivity index (χ3v) is 2.35. The first-order valence-electron chi connectivity index (χ1n) is 5.81. The molecule has 0 bridgehead atoms. The van der Waals surface area contributed by atoms with Gasteiger partial charge in [-0.25, -0.2) is 0 Å². The van der Waals surface area contributed by atoms with Crippen LogP contribution in [0.15, 0.2) is 0 Å². The highest BCUT2D eigenvalue weighted by atomic mass is 16.2. The Balaban J connectivity index is 3.94. The molecule has 0 aliphatic heterocycles. The van der Waals surface area contributed by atoms with E-state index in [1.165, 1.54) is 0 Å². The standard InChI is InChI=1S/C12H24N2O2/c1-6-7-8-14(5)10(15)9-13-11(16)12(2,3)4/h6-9H2,1-5H3,(H,13,16). The normalized spacial score (nSPS) is 11.1. The second-order valence-electron chi connectivity index (χ2n) is 5.10. The predicted octanol–water partition coefficient (Wildman–Crippen LogP) is 1.41. The summed E-state index contributed by atoms with van der Waals surface area (Å²) < 4.78 is 0. The van der Waals surface area contributed by atoms with Crippen molar-refractivity contribution in [2.24, 2.45) is 5.41 Å². The Bertz CT molecular complexity index is 244. The average molecular weight is 228 g/mol. The lowest BCUT2D eigenvalue weighted by Crippen LogP contribution is -2.42. The topological polar surface area (TPSA) is 49.4 Å². The van der Waals surface area contributed by atoms with Gasteiger partial charge in [-0.1, -0.05) is 34.1 Å². The fourth-order valence-electron chi connectivity index (χ4n) is 1.08. The summed E-state index contributed by atoms with van der Waals surface area (Å²) in [6.45, 7) is 8.41. The summed E-state index contributed by atoms with van der Waals surface area (Å²) in [4.78, 5) is 24.8. The van der Waals surface area contributed by atoms with Crippen molar-refractivity contribution in [3.8, 4) is 0 Å². The van der Waals surface area contributed by atoms with Gasteiger partial charge in [0.25, 0.3) is 0 Å². The molecular formula is C12H24N2O2. The third kappa shape index (κ3) is 5.73. The first-order chi connectivity index (χ1) is 7.29. The highest BCUT2D eigenvalue weighted by molar-refractivity contribution is 5.87. The van der Waals surface area contributed by atoms with E-state index in [0.29, 0.717) is 0 Å². The first-order valence-corrected chi connectivity index (χ1v) is 5.81. The maximum absolute atomic E-state index is 11.6. The Kier molecular flexibility index (Phi) is 6.08. The van der Waals surface area contributed by atoms with Gasteiger partial charge in [0.15, 0.2) is 0 Å². The second-order valence-corrected chi connectivity index (χ2v) is 5.10. The van der Waals surface area contributed by atoms with Gasteiger partial charge in [-0.15, -0.1) is 0 Å². The quantitative estimate of drug-likeness (QED) is 0.773. The van der Waals surface area contributed by atoms with Crippen molar-refractivity contribution in [1.29, 1.82) is 0 Å². The largest absolute Gasteiger partial charge is 0.347 e. The molecule has 0 unspecified atom stereocenters. The third-order valence-electron chi connectivity index (χ3n) is 2.35. The molecule has 4 heteroatoms. The minimum Gasteiger partial charge on any atom is -0.347 e. The van der Waals surface area contributed by atoms with E-state index < -0.39 is 5.41 Å². The van der Waals surface area contributed by atoms with Crippen LogP contribution in [0.4, 0.5) is 0 Å². The number of carbonyl (C=O) groups is 2. The number of hydrogen-bond acceptors (Lipinski definition) is 2. The van der Waals surface area contributed by atoms with Crippen LogP contribution in [0.1, 0.15) is 40.5 Å². The zero-order valence-electron chi connectivity index (χ0n) is 11.1. The Morgan fingerprint density at radius 2 is 1.81 bits per heavy atom. The van der Waals surface area contributed by atoms with Gasteiger partial charge in [-0.3, -0.25) is 9.59 Å². The molecule has 0 aromatic rings.